The number of aromatic amines is 1. The van der Waals surface area contributed by atoms with Gasteiger partial charge in [-0.1, -0.05) is 0 Å². The van der Waals surface area contributed by atoms with Crippen LogP contribution in [0.5, 0.6) is 0 Å². The van der Waals surface area contributed by atoms with Crippen molar-refractivity contribution in [2.45, 2.75) is 19.3 Å². The normalized spacial score (nSPS) is 24.2. The molecule has 0 bridgehead atoms. The fourth-order valence-corrected chi connectivity index (χ4v) is 3.17. The smallest absolute Gasteiger partial charge is 0.228 e. The van der Waals surface area contributed by atoms with Gasteiger partial charge in [-0.2, -0.15) is 0 Å². The second-order valence-electron chi connectivity index (χ2n) is 5.27. The van der Waals surface area contributed by atoms with Gasteiger partial charge in [0, 0.05) is 31.5 Å². The van der Waals surface area contributed by atoms with Crippen molar-refractivity contribution < 1.29 is 9.53 Å². The number of H-pyrrole nitrogens is 1. The first-order chi connectivity index (χ1) is 9.12. The molecule has 1 atom stereocenters. The van der Waals surface area contributed by atoms with Crippen molar-refractivity contribution in [3.63, 3.8) is 0 Å². The molecule has 1 saturated carbocycles. The van der Waals surface area contributed by atoms with Crippen LogP contribution in [0.3, 0.4) is 0 Å². The summed E-state index contributed by atoms with van der Waals surface area (Å²) < 4.78 is 5.75. The van der Waals surface area contributed by atoms with E-state index in [1.165, 1.54) is 6.20 Å². The van der Waals surface area contributed by atoms with Crippen LogP contribution >= 0.6 is 15.9 Å². The monoisotopic (exact) mass is 326 g/mol. The molecule has 2 aliphatic rings. The molecule has 1 aliphatic heterocycles. The van der Waals surface area contributed by atoms with Crippen LogP contribution in [0.4, 0.5) is 5.69 Å². The largest absolute Gasteiger partial charge is 0.381 e. The Bertz CT molecular complexity index is 563. The van der Waals surface area contributed by atoms with Gasteiger partial charge in [0.05, 0.1) is 4.47 Å². The molecule has 2 N–H and O–H groups in total. The molecular weight excluding hydrogens is 312 g/mol. The molecule has 1 aromatic rings. The minimum absolute atomic E-state index is 0.0229. The number of carbonyl (C=O) groups is 1. The Hall–Kier alpha value is -1.14. The van der Waals surface area contributed by atoms with Gasteiger partial charge >= 0.3 is 0 Å². The Morgan fingerprint density at radius 3 is 2.89 bits per heavy atom. The zero-order valence-electron chi connectivity index (χ0n) is 10.4. The fraction of sp³-hybridized carbons (Fsp3) is 0.538. The predicted octanol–water partition coefficient (Wildman–Crippen LogP) is 1.89. The molecule has 1 saturated heterocycles. The van der Waals surface area contributed by atoms with Crippen LogP contribution in [0, 0.1) is 11.3 Å². The number of halogens is 1. The third-order valence-corrected chi connectivity index (χ3v) is 4.74. The molecule has 6 heteroatoms. The van der Waals surface area contributed by atoms with Crippen LogP contribution in [-0.4, -0.2) is 24.1 Å². The summed E-state index contributed by atoms with van der Waals surface area (Å²) in [4.78, 5) is 26.8. The molecule has 102 valence electrons. The number of anilines is 1. The van der Waals surface area contributed by atoms with E-state index in [2.05, 4.69) is 26.2 Å². The van der Waals surface area contributed by atoms with E-state index in [4.69, 9.17) is 4.74 Å². The fourth-order valence-electron chi connectivity index (χ4n) is 2.82. The Kier molecular flexibility index (Phi) is 3.22. The lowest BCUT2D eigenvalue weighted by molar-refractivity contribution is -0.118. The molecule has 1 aliphatic carbocycles. The van der Waals surface area contributed by atoms with Crippen LogP contribution in [0.2, 0.25) is 0 Å². The maximum atomic E-state index is 12.2. The van der Waals surface area contributed by atoms with E-state index in [9.17, 15) is 9.59 Å². The topological polar surface area (TPSA) is 71.2 Å². The Labute approximate surface area is 118 Å². The van der Waals surface area contributed by atoms with Crippen molar-refractivity contribution in [1.29, 1.82) is 0 Å². The van der Waals surface area contributed by atoms with Gasteiger partial charge in [0.2, 0.25) is 11.3 Å². The molecule has 2 fully saturated rings. The predicted molar refractivity (Wildman–Crippen MR) is 74.0 cm³/mol. The van der Waals surface area contributed by atoms with E-state index < -0.39 is 0 Å². The van der Waals surface area contributed by atoms with Crippen molar-refractivity contribution in [2.24, 2.45) is 11.3 Å². The lowest BCUT2D eigenvalue weighted by atomic mass is 9.93. The molecule has 0 radical (unpaired) electrons. The molecular formula is C13H15BrN2O3. The summed E-state index contributed by atoms with van der Waals surface area (Å²) in [6, 6.07) is 0. The molecule has 1 spiro atoms. The minimum Gasteiger partial charge on any atom is -0.381 e. The molecule has 19 heavy (non-hydrogen) atoms. The maximum absolute atomic E-state index is 12.2. The van der Waals surface area contributed by atoms with Gasteiger partial charge in [-0.05, 0) is 40.6 Å². The van der Waals surface area contributed by atoms with E-state index >= 15 is 0 Å². The van der Waals surface area contributed by atoms with E-state index in [1.807, 2.05) is 0 Å². The third-order valence-electron chi connectivity index (χ3n) is 4.15. The zero-order chi connectivity index (χ0) is 13.5. The second kappa shape index (κ2) is 4.76. The highest BCUT2D eigenvalue weighted by Crippen LogP contribution is 2.59. The van der Waals surface area contributed by atoms with Gasteiger partial charge < -0.3 is 15.0 Å². The Morgan fingerprint density at radius 1 is 1.42 bits per heavy atom. The lowest BCUT2D eigenvalue weighted by Gasteiger charge is -2.22. The number of amides is 1. The average Bonchev–Trinajstić information content (AvgIpc) is 3.09. The minimum atomic E-state index is -0.200. The summed E-state index contributed by atoms with van der Waals surface area (Å²) in [6.45, 7) is 1.47. The number of nitrogens with one attached hydrogen (secondary N) is 2. The summed E-state index contributed by atoms with van der Waals surface area (Å²) in [6.07, 6.45) is 5.87. The van der Waals surface area contributed by atoms with E-state index in [1.54, 1.807) is 6.20 Å². The van der Waals surface area contributed by atoms with Gasteiger partial charge in [-0.3, -0.25) is 9.59 Å². The van der Waals surface area contributed by atoms with Crippen LogP contribution in [0.25, 0.3) is 0 Å². The average molecular weight is 327 g/mol. The van der Waals surface area contributed by atoms with Crippen LogP contribution in [0.15, 0.2) is 21.7 Å². The Balaban J connectivity index is 1.70. The highest BCUT2D eigenvalue weighted by atomic mass is 79.9. The number of pyridine rings is 1. The van der Waals surface area contributed by atoms with Crippen molar-refractivity contribution in [1.82, 2.24) is 4.98 Å². The summed E-state index contributed by atoms with van der Waals surface area (Å²) in [7, 11) is 0. The molecule has 0 aromatic carbocycles. The summed E-state index contributed by atoms with van der Waals surface area (Å²) in [5.74, 6) is -0.0275. The highest BCUT2D eigenvalue weighted by Gasteiger charge is 2.58. The van der Waals surface area contributed by atoms with Gasteiger partial charge in [0.15, 0.2) is 0 Å². The molecule has 5 nitrogen and oxygen atoms in total. The quantitative estimate of drug-likeness (QED) is 0.871. The lowest BCUT2D eigenvalue weighted by Crippen LogP contribution is -2.26. The first-order valence-electron chi connectivity index (χ1n) is 6.38. The standard InChI is InChI=1S/C13H15BrN2O3/c14-9-6-15-7-10(11(9)17)16-12(18)8-5-13(8)1-3-19-4-2-13/h6-8H,1-5H2,(H,15,17)(H,16,18). The molecule has 1 amide bonds. The number of hydrogen-bond acceptors (Lipinski definition) is 3. The first kappa shape index (κ1) is 12.9. The first-order valence-corrected chi connectivity index (χ1v) is 7.17. The summed E-state index contributed by atoms with van der Waals surface area (Å²) >= 11 is 3.15. The molecule has 3 rings (SSSR count). The highest BCUT2D eigenvalue weighted by molar-refractivity contribution is 9.10. The maximum Gasteiger partial charge on any atom is 0.228 e. The van der Waals surface area contributed by atoms with Gasteiger partial charge in [-0.15, -0.1) is 0 Å². The number of rotatable bonds is 2. The molecule has 1 unspecified atom stereocenters. The van der Waals surface area contributed by atoms with Gasteiger partial charge in [0.1, 0.15) is 5.69 Å². The van der Waals surface area contributed by atoms with Crippen LogP contribution in [-0.2, 0) is 9.53 Å². The summed E-state index contributed by atoms with van der Waals surface area (Å²) in [5, 5.41) is 2.73. The van der Waals surface area contributed by atoms with E-state index in [0.717, 1.165) is 32.5 Å². The third kappa shape index (κ3) is 2.34. The van der Waals surface area contributed by atoms with Crippen molar-refractivity contribution in [3.05, 3.63) is 27.1 Å². The van der Waals surface area contributed by atoms with Crippen molar-refractivity contribution >= 4 is 27.5 Å². The number of carbonyl (C=O) groups excluding carboxylic acids is 1. The number of ether oxygens (including phenoxy) is 1. The Morgan fingerprint density at radius 2 is 2.16 bits per heavy atom. The summed E-state index contributed by atoms with van der Waals surface area (Å²) in [5.41, 5.74) is 0.225. The van der Waals surface area contributed by atoms with Crippen LogP contribution < -0.4 is 10.7 Å². The van der Waals surface area contributed by atoms with Crippen molar-refractivity contribution in [2.75, 3.05) is 18.5 Å². The second-order valence-corrected chi connectivity index (χ2v) is 6.12. The number of hydrogen-bond donors (Lipinski definition) is 2. The van der Waals surface area contributed by atoms with Crippen molar-refractivity contribution in [3.8, 4) is 0 Å². The van der Waals surface area contributed by atoms with Gasteiger partial charge in [0.25, 0.3) is 0 Å². The SMILES string of the molecule is O=C(Nc1c[nH]cc(Br)c1=O)C1CC12CCOCC2. The molecule has 1 aromatic heterocycles. The van der Waals surface area contributed by atoms with E-state index in [-0.39, 0.29) is 22.7 Å². The van der Waals surface area contributed by atoms with E-state index in [0.29, 0.717) is 10.2 Å². The molecule has 2 heterocycles. The zero-order valence-corrected chi connectivity index (χ0v) is 12.0. The number of aromatic nitrogens is 1. The van der Waals surface area contributed by atoms with Gasteiger partial charge in [-0.25, -0.2) is 0 Å². The van der Waals surface area contributed by atoms with Crippen LogP contribution in [0.1, 0.15) is 19.3 Å².